The Labute approximate surface area is 108 Å². The second kappa shape index (κ2) is 6.22. The Hall–Kier alpha value is -0.0400. The fourth-order valence-electron chi connectivity index (χ4n) is 3.53. The first-order chi connectivity index (χ1) is 8.24. The molecule has 1 atom stereocenters. The van der Waals surface area contributed by atoms with Gasteiger partial charge in [0.15, 0.2) is 0 Å². The van der Waals surface area contributed by atoms with Gasteiger partial charge in [-0.15, -0.1) is 0 Å². The molecule has 2 aliphatic rings. The van der Waals surface area contributed by atoms with Gasteiger partial charge < -0.3 is 5.32 Å². The summed E-state index contributed by atoms with van der Waals surface area (Å²) in [5, 5.41) is 3.86. The Morgan fingerprint density at radius 2 is 1.88 bits per heavy atom. The molecule has 0 aromatic carbocycles. The van der Waals surface area contributed by atoms with Crippen molar-refractivity contribution in [3.63, 3.8) is 0 Å². The quantitative estimate of drug-likeness (QED) is 0.686. The molecule has 1 nitrogen and oxygen atoms in total. The molecule has 0 spiro atoms. The van der Waals surface area contributed by atoms with Crippen LogP contribution in [0.2, 0.25) is 0 Å². The number of hydrogen-bond donors (Lipinski definition) is 1. The van der Waals surface area contributed by atoms with Crippen LogP contribution in [-0.4, -0.2) is 12.6 Å². The molecule has 0 aromatic heterocycles. The molecule has 0 radical (unpaired) electrons. The Kier molecular flexibility index (Phi) is 4.90. The number of hydrogen-bond acceptors (Lipinski definition) is 1. The molecule has 2 saturated carbocycles. The number of nitrogens with one attached hydrogen (secondary N) is 1. The molecule has 0 aromatic rings. The third-order valence-electron chi connectivity index (χ3n) is 5.04. The summed E-state index contributed by atoms with van der Waals surface area (Å²) in [6.07, 6.45) is 14.5. The van der Waals surface area contributed by atoms with E-state index in [4.69, 9.17) is 0 Å². The molecule has 2 fully saturated rings. The molecular weight excluding hydrogens is 206 g/mol. The molecule has 1 unspecified atom stereocenters. The van der Waals surface area contributed by atoms with E-state index in [-0.39, 0.29) is 0 Å². The summed E-state index contributed by atoms with van der Waals surface area (Å²) in [5.74, 6) is 1.09. The predicted molar refractivity (Wildman–Crippen MR) is 75.2 cm³/mol. The van der Waals surface area contributed by atoms with Crippen LogP contribution >= 0.6 is 0 Å². The topological polar surface area (TPSA) is 12.0 Å². The first-order valence-electron chi connectivity index (χ1n) is 7.98. The zero-order valence-electron chi connectivity index (χ0n) is 11.9. The first kappa shape index (κ1) is 13.4. The summed E-state index contributed by atoms with van der Waals surface area (Å²) in [5.41, 5.74) is 0.600. The van der Waals surface area contributed by atoms with E-state index in [1.165, 1.54) is 70.8 Å². The lowest BCUT2D eigenvalue weighted by Gasteiger charge is -2.41. The first-order valence-corrected chi connectivity index (χ1v) is 7.98. The highest BCUT2D eigenvalue weighted by molar-refractivity contribution is 4.91. The minimum Gasteiger partial charge on any atom is -0.313 e. The molecule has 1 heteroatoms. The summed E-state index contributed by atoms with van der Waals surface area (Å²) < 4.78 is 0. The molecule has 0 bridgehead atoms. The Morgan fingerprint density at radius 3 is 2.47 bits per heavy atom. The van der Waals surface area contributed by atoms with Gasteiger partial charge in [0.05, 0.1) is 0 Å². The molecule has 0 amide bonds. The lowest BCUT2D eigenvalue weighted by Crippen LogP contribution is -2.45. The van der Waals surface area contributed by atoms with Gasteiger partial charge in [0.2, 0.25) is 0 Å². The minimum absolute atomic E-state index is 0.600. The zero-order valence-corrected chi connectivity index (χ0v) is 11.9. The maximum absolute atomic E-state index is 3.86. The summed E-state index contributed by atoms with van der Waals surface area (Å²) in [4.78, 5) is 0. The SMILES string of the molecule is CCCNC(CCC1CC1)C1(C)CCCCC1. The van der Waals surface area contributed by atoms with Crippen LogP contribution in [0.4, 0.5) is 0 Å². The largest absolute Gasteiger partial charge is 0.313 e. The van der Waals surface area contributed by atoms with E-state index in [9.17, 15) is 0 Å². The summed E-state index contributed by atoms with van der Waals surface area (Å²) >= 11 is 0. The molecule has 2 rings (SSSR count). The monoisotopic (exact) mass is 237 g/mol. The van der Waals surface area contributed by atoms with Crippen molar-refractivity contribution in [3.05, 3.63) is 0 Å². The van der Waals surface area contributed by atoms with E-state index in [1.807, 2.05) is 0 Å². The predicted octanol–water partition coefficient (Wildman–Crippen LogP) is 4.52. The van der Waals surface area contributed by atoms with Crippen molar-refractivity contribution in [2.45, 2.75) is 84.1 Å². The molecule has 0 saturated heterocycles. The molecule has 1 N–H and O–H groups in total. The summed E-state index contributed by atoms with van der Waals surface area (Å²) in [6, 6.07) is 0.795. The maximum atomic E-state index is 3.86. The van der Waals surface area contributed by atoms with Crippen LogP contribution in [-0.2, 0) is 0 Å². The Morgan fingerprint density at radius 1 is 1.18 bits per heavy atom. The van der Waals surface area contributed by atoms with Crippen molar-refractivity contribution in [2.75, 3.05) is 6.54 Å². The lowest BCUT2D eigenvalue weighted by atomic mass is 9.69. The lowest BCUT2D eigenvalue weighted by molar-refractivity contribution is 0.135. The molecule has 2 aliphatic carbocycles. The van der Waals surface area contributed by atoms with Gasteiger partial charge in [-0.1, -0.05) is 46.0 Å². The van der Waals surface area contributed by atoms with Crippen molar-refractivity contribution in [3.8, 4) is 0 Å². The van der Waals surface area contributed by atoms with Crippen molar-refractivity contribution < 1.29 is 0 Å². The average Bonchev–Trinajstić information content (AvgIpc) is 3.14. The van der Waals surface area contributed by atoms with Crippen LogP contribution in [0.3, 0.4) is 0 Å². The second-order valence-electron chi connectivity index (χ2n) is 6.74. The minimum atomic E-state index is 0.600. The van der Waals surface area contributed by atoms with Crippen LogP contribution in [0.25, 0.3) is 0 Å². The van der Waals surface area contributed by atoms with Gasteiger partial charge in [0.1, 0.15) is 0 Å². The van der Waals surface area contributed by atoms with Gasteiger partial charge in [-0.05, 0) is 50.0 Å². The molecular formula is C16H31N. The third-order valence-corrected chi connectivity index (χ3v) is 5.04. The van der Waals surface area contributed by atoms with Crippen molar-refractivity contribution >= 4 is 0 Å². The second-order valence-corrected chi connectivity index (χ2v) is 6.74. The normalized spacial score (nSPS) is 25.8. The van der Waals surface area contributed by atoms with E-state index in [0.29, 0.717) is 5.41 Å². The van der Waals surface area contributed by atoms with Gasteiger partial charge in [0, 0.05) is 6.04 Å². The van der Waals surface area contributed by atoms with E-state index in [1.54, 1.807) is 0 Å². The van der Waals surface area contributed by atoms with E-state index < -0.39 is 0 Å². The van der Waals surface area contributed by atoms with Gasteiger partial charge in [0.25, 0.3) is 0 Å². The fourth-order valence-corrected chi connectivity index (χ4v) is 3.53. The molecule has 0 heterocycles. The van der Waals surface area contributed by atoms with Crippen molar-refractivity contribution in [1.29, 1.82) is 0 Å². The van der Waals surface area contributed by atoms with Crippen LogP contribution in [0, 0.1) is 11.3 Å². The third kappa shape index (κ3) is 3.98. The highest BCUT2D eigenvalue weighted by atomic mass is 14.9. The maximum Gasteiger partial charge on any atom is 0.0121 e. The summed E-state index contributed by atoms with van der Waals surface area (Å²) in [6.45, 7) is 6.05. The van der Waals surface area contributed by atoms with Gasteiger partial charge in [-0.3, -0.25) is 0 Å². The van der Waals surface area contributed by atoms with Crippen molar-refractivity contribution in [1.82, 2.24) is 5.32 Å². The number of rotatable bonds is 7. The Balaban J connectivity index is 1.86. The van der Waals surface area contributed by atoms with E-state index in [0.717, 1.165) is 12.0 Å². The van der Waals surface area contributed by atoms with Crippen LogP contribution in [0.1, 0.15) is 78.1 Å². The van der Waals surface area contributed by atoms with Crippen molar-refractivity contribution in [2.24, 2.45) is 11.3 Å². The average molecular weight is 237 g/mol. The van der Waals surface area contributed by atoms with Crippen LogP contribution in [0.5, 0.6) is 0 Å². The Bertz CT molecular complexity index is 214. The van der Waals surface area contributed by atoms with E-state index >= 15 is 0 Å². The van der Waals surface area contributed by atoms with Gasteiger partial charge >= 0.3 is 0 Å². The molecule has 17 heavy (non-hydrogen) atoms. The molecule has 0 aliphatic heterocycles. The highest BCUT2D eigenvalue weighted by Crippen LogP contribution is 2.42. The highest BCUT2D eigenvalue weighted by Gasteiger charge is 2.35. The van der Waals surface area contributed by atoms with Crippen LogP contribution in [0.15, 0.2) is 0 Å². The smallest absolute Gasteiger partial charge is 0.0121 e. The molecule has 100 valence electrons. The van der Waals surface area contributed by atoms with Gasteiger partial charge in [-0.25, -0.2) is 0 Å². The van der Waals surface area contributed by atoms with E-state index in [2.05, 4.69) is 19.2 Å². The standard InChI is InChI=1S/C16H31N/c1-3-13-17-15(10-9-14-7-8-14)16(2)11-5-4-6-12-16/h14-15,17H,3-13H2,1-2H3. The van der Waals surface area contributed by atoms with Crippen LogP contribution < -0.4 is 5.32 Å². The zero-order chi connectivity index (χ0) is 12.1. The fraction of sp³-hybridized carbons (Fsp3) is 1.00. The van der Waals surface area contributed by atoms with Gasteiger partial charge in [-0.2, -0.15) is 0 Å². The summed E-state index contributed by atoms with van der Waals surface area (Å²) in [7, 11) is 0.